The second-order valence-electron chi connectivity index (χ2n) is 4.85. The zero-order chi connectivity index (χ0) is 15.5. The third kappa shape index (κ3) is 2.58. The fourth-order valence-electron chi connectivity index (χ4n) is 2.27. The zero-order valence-electron chi connectivity index (χ0n) is 12.0. The maximum Gasteiger partial charge on any atom is 0.274 e. The zero-order valence-corrected chi connectivity index (χ0v) is 12.0. The Morgan fingerprint density at radius 1 is 1.18 bits per heavy atom. The van der Waals surface area contributed by atoms with Crippen LogP contribution in [0.15, 0.2) is 53.6 Å². The largest absolute Gasteiger partial charge is 0.346 e. The number of hydrogen-bond donors (Lipinski definition) is 1. The topological polar surface area (TPSA) is 76.9 Å². The van der Waals surface area contributed by atoms with E-state index in [0.717, 1.165) is 5.39 Å². The monoisotopic (exact) mass is 294 g/mol. The Bertz CT molecular complexity index is 888. The third-order valence-corrected chi connectivity index (χ3v) is 3.37. The number of benzene rings is 1. The highest BCUT2D eigenvalue weighted by Gasteiger charge is 2.10. The van der Waals surface area contributed by atoms with Crippen LogP contribution in [0.1, 0.15) is 16.1 Å². The van der Waals surface area contributed by atoms with E-state index < -0.39 is 0 Å². The van der Waals surface area contributed by atoms with Crippen molar-refractivity contribution >= 4 is 16.7 Å². The Kier molecular flexibility index (Phi) is 3.65. The molecule has 0 unspecified atom stereocenters. The summed E-state index contributed by atoms with van der Waals surface area (Å²) < 4.78 is 1.29. The minimum atomic E-state index is -0.229. The van der Waals surface area contributed by atoms with Crippen molar-refractivity contribution < 1.29 is 4.79 Å². The third-order valence-electron chi connectivity index (χ3n) is 3.37. The van der Waals surface area contributed by atoms with Crippen LogP contribution in [0.4, 0.5) is 0 Å². The van der Waals surface area contributed by atoms with E-state index in [1.165, 1.54) is 10.9 Å². The van der Waals surface area contributed by atoms with Gasteiger partial charge in [-0.3, -0.25) is 14.6 Å². The molecular formula is C16H14N4O2. The van der Waals surface area contributed by atoms with Gasteiger partial charge in [-0.25, -0.2) is 4.68 Å². The molecule has 0 bridgehead atoms. The fourth-order valence-corrected chi connectivity index (χ4v) is 2.27. The number of rotatable bonds is 3. The van der Waals surface area contributed by atoms with Gasteiger partial charge in [-0.05, 0) is 18.2 Å². The van der Waals surface area contributed by atoms with Gasteiger partial charge in [0.1, 0.15) is 0 Å². The summed E-state index contributed by atoms with van der Waals surface area (Å²) in [5, 5.41) is 8.37. The van der Waals surface area contributed by atoms with Crippen LogP contribution >= 0.6 is 0 Å². The van der Waals surface area contributed by atoms with Crippen molar-refractivity contribution in [3.63, 3.8) is 0 Å². The van der Waals surface area contributed by atoms with Gasteiger partial charge >= 0.3 is 0 Å². The molecule has 0 fully saturated rings. The number of amides is 1. The minimum Gasteiger partial charge on any atom is -0.346 e. The van der Waals surface area contributed by atoms with Crippen LogP contribution in [0.2, 0.25) is 0 Å². The summed E-state index contributed by atoms with van der Waals surface area (Å²) in [6.45, 7) is 0.238. The number of fused-ring (bicyclic) bond motifs is 1. The lowest BCUT2D eigenvalue weighted by Crippen LogP contribution is -2.27. The molecule has 0 aliphatic rings. The number of nitrogens with one attached hydrogen (secondary N) is 1. The number of pyridine rings is 1. The molecule has 6 heteroatoms. The molecule has 0 saturated carbocycles. The Balaban J connectivity index is 1.90. The van der Waals surface area contributed by atoms with Crippen molar-refractivity contribution in [2.75, 3.05) is 0 Å². The second kappa shape index (κ2) is 5.77. The Morgan fingerprint density at radius 3 is 2.68 bits per heavy atom. The first kappa shape index (κ1) is 13.9. The molecule has 0 aliphatic carbocycles. The molecule has 1 N–H and O–H groups in total. The summed E-state index contributed by atoms with van der Waals surface area (Å²) in [5.41, 5.74) is 0.976. The van der Waals surface area contributed by atoms with Gasteiger partial charge in [0.2, 0.25) is 0 Å². The van der Waals surface area contributed by atoms with Gasteiger partial charge < -0.3 is 5.32 Å². The highest BCUT2D eigenvalue weighted by Crippen LogP contribution is 2.12. The fraction of sp³-hybridized carbons (Fsp3) is 0.125. The normalized spacial score (nSPS) is 10.6. The number of carbonyl (C=O) groups is 1. The average Bonchev–Trinajstić information content (AvgIpc) is 2.57. The average molecular weight is 294 g/mol. The minimum absolute atomic E-state index is 0.155. The van der Waals surface area contributed by atoms with Gasteiger partial charge in [0, 0.05) is 24.8 Å². The van der Waals surface area contributed by atoms with Gasteiger partial charge in [0.25, 0.3) is 11.5 Å². The molecule has 22 heavy (non-hydrogen) atoms. The van der Waals surface area contributed by atoms with Gasteiger partial charge in [-0.15, -0.1) is 0 Å². The predicted molar refractivity (Wildman–Crippen MR) is 82.4 cm³/mol. The van der Waals surface area contributed by atoms with Crippen molar-refractivity contribution in [2.45, 2.75) is 6.54 Å². The number of hydrogen-bond acceptors (Lipinski definition) is 4. The van der Waals surface area contributed by atoms with E-state index in [1.54, 1.807) is 31.4 Å². The Morgan fingerprint density at radius 2 is 1.95 bits per heavy atom. The summed E-state index contributed by atoms with van der Waals surface area (Å²) in [5.74, 6) is -0.229. The molecule has 0 aliphatic heterocycles. The van der Waals surface area contributed by atoms with E-state index in [9.17, 15) is 9.59 Å². The number of aryl methyl sites for hydroxylation is 1. The molecule has 2 aromatic heterocycles. The molecule has 110 valence electrons. The molecule has 6 nitrogen and oxygen atoms in total. The first-order chi connectivity index (χ1) is 10.7. The summed E-state index contributed by atoms with van der Waals surface area (Å²) in [7, 11) is 1.60. The van der Waals surface area contributed by atoms with Gasteiger partial charge in [0.15, 0.2) is 0 Å². The van der Waals surface area contributed by atoms with Crippen molar-refractivity contribution in [2.24, 2.45) is 7.05 Å². The van der Waals surface area contributed by atoms with Crippen LogP contribution in [0, 0.1) is 0 Å². The highest BCUT2D eigenvalue weighted by atomic mass is 16.1. The van der Waals surface area contributed by atoms with E-state index in [0.29, 0.717) is 16.6 Å². The van der Waals surface area contributed by atoms with Crippen LogP contribution in [0.25, 0.3) is 10.8 Å². The molecule has 3 rings (SSSR count). The summed E-state index contributed by atoms with van der Waals surface area (Å²) >= 11 is 0. The lowest BCUT2D eigenvalue weighted by atomic mass is 10.1. The molecule has 1 amide bonds. The van der Waals surface area contributed by atoms with E-state index >= 15 is 0 Å². The van der Waals surface area contributed by atoms with Gasteiger partial charge in [-0.1, -0.05) is 18.2 Å². The number of aromatic nitrogens is 3. The quantitative estimate of drug-likeness (QED) is 0.789. The molecular weight excluding hydrogens is 280 g/mol. The highest BCUT2D eigenvalue weighted by molar-refractivity contribution is 5.94. The lowest BCUT2D eigenvalue weighted by molar-refractivity contribution is 0.0950. The standard InChI is InChI=1S/C16H14N4O2/c1-20-16(22)13-7-3-2-6-12(13)14(19-20)10-18-15(21)11-5-4-8-17-9-11/h2-9H,10H2,1H3,(H,18,21). The van der Waals surface area contributed by atoms with Gasteiger partial charge in [0.05, 0.1) is 23.2 Å². The molecule has 1 aromatic carbocycles. The summed E-state index contributed by atoms with van der Waals surface area (Å²) in [4.78, 5) is 28.0. The lowest BCUT2D eigenvalue weighted by Gasteiger charge is -2.09. The van der Waals surface area contributed by atoms with E-state index in [4.69, 9.17) is 0 Å². The van der Waals surface area contributed by atoms with Crippen LogP contribution in [-0.4, -0.2) is 20.7 Å². The SMILES string of the molecule is Cn1nc(CNC(=O)c2cccnc2)c2ccccc2c1=O. The van der Waals surface area contributed by atoms with E-state index in [1.807, 2.05) is 18.2 Å². The van der Waals surface area contributed by atoms with Crippen molar-refractivity contribution in [3.8, 4) is 0 Å². The van der Waals surface area contributed by atoms with Crippen molar-refractivity contribution in [3.05, 3.63) is 70.4 Å². The molecule has 3 aromatic rings. The second-order valence-corrected chi connectivity index (χ2v) is 4.85. The van der Waals surface area contributed by atoms with Crippen molar-refractivity contribution in [1.82, 2.24) is 20.1 Å². The Labute approximate surface area is 126 Å². The summed E-state index contributed by atoms with van der Waals surface area (Å²) in [6, 6.07) is 10.6. The molecule has 0 saturated heterocycles. The predicted octanol–water partition coefficient (Wildman–Crippen LogP) is 1.26. The summed E-state index contributed by atoms with van der Waals surface area (Å²) in [6.07, 6.45) is 3.11. The maximum absolute atomic E-state index is 12.1. The number of nitrogens with zero attached hydrogens (tertiary/aromatic N) is 3. The molecule has 2 heterocycles. The van der Waals surface area contributed by atoms with Gasteiger partial charge in [-0.2, -0.15) is 5.10 Å². The van der Waals surface area contributed by atoms with E-state index in [2.05, 4.69) is 15.4 Å². The van der Waals surface area contributed by atoms with E-state index in [-0.39, 0.29) is 18.0 Å². The smallest absolute Gasteiger partial charge is 0.274 e. The maximum atomic E-state index is 12.1. The Hall–Kier alpha value is -3.02. The molecule has 0 atom stereocenters. The first-order valence-corrected chi connectivity index (χ1v) is 6.80. The first-order valence-electron chi connectivity index (χ1n) is 6.80. The van der Waals surface area contributed by atoms with Crippen LogP contribution in [0.3, 0.4) is 0 Å². The molecule has 0 spiro atoms. The van der Waals surface area contributed by atoms with Crippen LogP contribution in [0.5, 0.6) is 0 Å². The number of carbonyl (C=O) groups excluding carboxylic acids is 1. The van der Waals surface area contributed by atoms with Crippen LogP contribution < -0.4 is 10.9 Å². The van der Waals surface area contributed by atoms with Crippen molar-refractivity contribution in [1.29, 1.82) is 0 Å². The molecule has 0 radical (unpaired) electrons. The van der Waals surface area contributed by atoms with Crippen LogP contribution in [-0.2, 0) is 13.6 Å².